The van der Waals surface area contributed by atoms with E-state index in [4.69, 9.17) is 4.74 Å². The van der Waals surface area contributed by atoms with Crippen LogP contribution in [0.1, 0.15) is 12.5 Å². The van der Waals surface area contributed by atoms with E-state index in [-0.39, 0.29) is 5.56 Å². The highest BCUT2D eigenvalue weighted by Gasteiger charge is 2.19. The minimum absolute atomic E-state index is 0.359. The zero-order valence-electron chi connectivity index (χ0n) is 18.0. The topological polar surface area (TPSA) is 83.1 Å². The number of aryl methyl sites for hydroxylation is 1. The third-order valence-corrected chi connectivity index (χ3v) is 5.38. The van der Waals surface area contributed by atoms with Gasteiger partial charge in [0.05, 0.1) is 13.7 Å². The van der Waals surface area contributed by atoms with Crippen LogP contribution < -0.4 is 21.3 Å². The maximum atomic E-state index is 12.9. The number of hydrogen-bond donors (Lipinski definition) is 1. The number of rotatable bonds is 6. The van der Waals surface area contributed by atoms with Crippen molar-refractivity contribution in [2.45, 2.75) is 13.5 Å². The molecule has 2 aromatic heterocycles. The average molecular weight is 419 g/mol. The van der Waals surface area contributed by atoms with E-state index >= 15 is 0 Å². The number of imidazole rings is 1. The van der Waals surface area contributed by atoms with Gasteiger partial charge in [0.25, 0.3) is 5.56 Å². The second kappa shape index (κ2) is 8.14. The Morgan fingerprint density at radius 2 is 1.74 bits per heavy atom. The zero-order chi connectivity index (χ0) is 22.1. The van der Waals surface area contributed by atoms with Gasteiger partial charge in [-0.25, -0.2) is 4.79 Å². The van der Waals surface area contributed by atoms with Gasteiger partial charge in [-0.3, -0.25) is 18.5 Å². The van der Waals surface area contributed by atoms with E-state index in [1.807, 2.05) is 60.0 Å². The quantitative estimate of drug-likeness (QED) is 0.519. The van der Waals surface area contributed by atoms with Crippen molar-refractivity contribution in [1.82, 2.24) is 18.7 Å². The van der Waals surface area contributed by atoms with Crippen molar-refractivity contribution in [3.63, 3.8) is 0 Å². The van der Waals surface area contributed by atoms with Gasteiger partial charge in [0.1, 0.15) is 5.75 Å². The van der Waals surface area contributed by atoms with Crippen molar-refractivity contribution >= 4 is 17.1 Å². The molecule has 0 bridgehead atoms. The molecule has 0 saturated carbocycles. The molecule has 8 heteroatoms. The summed E-state index contributed by atoms with van der Waals surface area (Å²) in [6, 6.07) is 16.1. The van der Waals surface area contributed by atoms with Crippen LogP contribution in [-0.4, -0.2) is 32.3 Å². The van der Waals surface area contributed by atoms with E-state index in [9.17, 15) is 9.59 Å². The fourth-order valence-corrected chi connectivity index (χ4v) is 3.68. The van der Waals surface area contributed by atoms with Gasteiger partial charge in [-0.1, -0.05) is 36.4 Å². The molecule has 0 amide bonds. The summed E-state index contributed by atoms with van der Waals surface area (Å²) in [5, 5.41) is 3.20. The van der Waals surface area contributed by atoms with Gasteiger partial charge in [-0.05, 0) is 35.7 Å². The van der Waals surface area contributed by atoms with Crippen LogP contribution in [0.5, 0.6) is 5.75 Å². The minimum Gasteiger partial charge on any atom is -0.497 e. The molecule has 4 aromatic rings. The molecule has 0 aliphatic rings. The van der Waals surface area contributed by atoms with Gasteiger partial charge in [-0.15, -0.1) is 0 Å². The second-order valence-corrected chi connectivity index (χ2v) is 7.36. The Morgan fingerprint density at radius 3 is 2.42 bits per heavy atom. The molecule has 1 N–H and O–H groups in total. The second-order valence-electron chi connectivity index (χ2n) is 7.36. The minimum atomic E-state index is -0.396. The summed E-state index contributed by atoms with van der Waals surface area (Å²) in [7, 11) is 4.76. The predicted molar refractivity (Wildman–Crippen MR) is 122 cm³/mol. The molecular formula is C23H25N5O3. The number of ether oxygens (including phenoxy) is 1. The van der Waals surface area contributed by atoms with Gasteiger partial charge in [0, 0.05) is 20.6 Å². The fourth-order valence-electron chi connectivity index (χ4n) is 3.68. The summed E-state index contributed by atoms with van der Waals surface area (Å²) in [4.78, 5) is 29.7. The standard InChI is InChI=1S/C23H25N5O3/c1-5-24-22-25-20-19(21(29)27(3)23(30)26(20)2)28(22)14-15-9-11-16(12-10-15)17-7-6-8-18(13-17)31-4/h6-13H,5,14H2,1-4H3,(H,24,25). The fraction of sp³-hybridized carbons (Fsp3) is 0.261. The van der Waals surface area contributed by atoms with Crippen molar-refractivity contribution in [3.8, 4) is 16.9 Å². The number of hydrogen-bond acceptors (Lipinski definition) is 5. The molecule has 8 nitrogen and oxygen atoms in total. The van der Waals surface area contributed by atoms with Crippen LogP contribution in [0.4, 0.5) is 5.95 Å². The number of nitrogens with zero attached hydrogens (tertiary/aromatic N) is 4. The van der Waals surface area contributed by atoms with E-state index in [0.29, 0.717) is 30.2 Å². The normalized spacial score (nSPS) is 11.1. The van der Waals surface area contributed by atoms with Gasteiger partial charge >= 0.3 is 5.69 Å². The molecular weight excluding hydrogens is 394 g/mol. The van der Waals surface area contributed by atoms with Crippen LogP contribution in [0.15, 0.2) is 58.1 Å². The van der Waals surface area contributed by atoms with Crippen LogP contribution in [0.3, 0.4) is 0 Å². The largest absolute Gasteiger partial charge is 0.497 e. The molecule has 0 spiro atoms. The number of fused-ring (bicyclic) bond motifs is 1. The van der Waals surface area contributed by atoms with Crippen molar-refractivity contribution in [2.75, 3.05) is 19.0 Å². The molecule has 0 atom stereocenters. The van der Waals surface area contributed by atoms with E-state index in [0.717, 1.165) is 27.0 Å². The lowest BCUT2D eigenvalue weighted by Crippen LogP contribution is -2.37. The maximum Gasteiger partial charge on any atom is 0.332 e. The highest BCUT2D eigenvalue weighted by molar-refractivity contribution is 5.74. The number of nitrogens with one attached hydrogen (secondary N) is 1. The Balaban J connectivity index is 1.76. The molecule has 0 unspecified atom stereocenters. The van der Waals surface area contributed by atoms with Crippen LogP contribution >= 0.6 is 0 Å². The molecule has 2 aromatic carbocycles. The molecule has 0 aliphatic carbocycles. The summed E-state index contributed by atoms with van der Waals surface area (Å²) in [6.45, 7) is 3.06. The van der Waals surface area contributed by atoms with Crippen LogP contribution in [-0.2, 0) is 20.6 Å². The molecule has 160 valence electrons. The molecule has 0 fully saturated rings. The first kappa shape index (κ1) is 20.5. The summed E-state index contributed by atoms with van der Waals surface area (Å²) in [6.07, 6.45) is 0. The lowest BCUT2D eigenvalue weighted by molar-refractivity contribution is 0.415. The first-order valence-corrected chi connectivity index (χ1v) is 10.1. The van der Waals surface area contributed by atoms with Gasteiger partial charge < -0.3 is 10.1 Å². The predicted octanol–water partition coefficient (Wildman–Crippen LogP) is 2.59. The van der Waals surface area contributed by atoms with Crippen LogP contribution in [0, 0.1) is 0 Å². The SMILES string of the molecule is CCNc1nc2c(c(=O)n(C)c(=O)n2C)n1Cc1ccc(-c2cccc(OC)c2)cc1. The molecule has 4 rings (SSSR count). The highest BCUT2D eigenvalue weighted by Crippen LogP contribution is 2.25. The monoisotopic (exact) mass is 419 g/mol. The van der Waals surface area contributed by atoms with E-state index in [1.165, 1.54) is 11.6 Å². The van der Waals surface area contributed by atoms with E-state index in [2.05, 4.69) is 10.3 Å². The molecule has 0 aliphatic heterocycles. The number of methoxy groups -OCH3 is 1. The van der Waals surface area contributed by atoms with Crippen molar-refractivity contribution < 1.29 is 4.74 Å². The van der Waals surface area contributed by atoms with Gasteiger partial charge in [0.15, 0.2) is 11.2 Å². The van der Waals surface area contributed by atoms with E-state index < -0.39 is 5.69 Å². The maximum absolute atomic E-state index is 12.9. The van der Waals surface area contributed by atoms with Gasteiger partial charge in [-0.2, -0.15) is 4.98 Å². The summed E-state index contributed by atoms with van der Waals surface area (Å²) >= 11 is 0. The summed E-state index contributed by atoms with van der Waals surface area (Å²) < 4.78 is 9.66. The molecule has 31 heavy (non-hydrogen) atoms. The lowest BCUT2D eigenvalue weighted by atomic mass is 10.0. The van der Waals surface area contributed by atoms with Gasteiger partial charge in [0.2, 0.25) is 5.95 Å². The Kier molecular flexibility index (Phi) is 5.37. The number of anilines is 1. The Bertz CT molecular complexity index is 1360. The number of aromatic nitrogens is 4. The van der Waals surface area contributed by atoms with E-state index in [1.54, 1.807) is 14.2 Å². The molecule has 2 heterocycles. The summed E-state index contributed by atoms with van der Waals surface area (Å²) in [5.74, 6) is 1.37. The Morgan fingerprint density at radius 1 is 1.00 bits per heavy atom. The first-order chi connectivity index (χ1) is 14.9. The Hall–Kier alpha value is -3.81. The third-order valence-electron chi connectivity index (χ3n) is 5.38. The smallest absolute Gasteiger partial charge is 0.332 e. The van der Waals surface area contributed by atoms with Crippen molar-refractivity contribution in [2.24, 2.45) is 14.1 Å². The van der Waals surface area contributed by atoms with Crippen molar-refractivity contribution in [3.05, 3.63) is 74.9 Å². The number of benzene rings is 2. The lowest BCUT2D eigenvalue weighted by Gasteiger charge is -2.11. The highest BCUT2D eigenvalue weighted by atomic mass is 16.5. The average Bonchev–Trinajstić information content (AvgIpc) is 3.15. The first-order valence-electron chi connectivity index (χ1n) is 10.1. The zero-order valence-corrected chi connectivity index (χ0v) is 18.0. The molecule has 0 radical (unpaired) electrons. The molecule has 0 saturated heterocycles. The third kappa shape index (κ3) is 3.61. The van der Waals surface area contributed by atoms with Crippen LogP contribution in [0.2, 0.25) is 0 Å². The van der Waals surface area contributed by atoms with Crippen molar-refractivity contribution in [1.29, 1.82) is 0 Å². The summed E-state index contributed by atoms with van der Waals surface area (Å²) in [5.41, 5.74) is 3.17. The Labute approximate surface area is 179 Å². The van der Waals surface area contributed by atoms with Crippen LogP contribution in [0.25, 0.3) is 22.3 Å².